The fraction of sp³-hybridized carbons (Fsp3) is 0.200. The molecule has 3 aromatic rings. The maximum atomic E-state index is 12.7. The van der Waals surface area contributed by atoms with Crippen molar-refractivity contribution in [2.45, 2.75) is 0 Å². The third-order valence-electron chi connectivity index (χ3n) is 4.67. The van der Waals surface area contributed by atoms with Crippen LogP contribution in [-0.2, 0) is 4.74 Å². The number of aromatic nitrogens is 1. The van der Waals surface area contributed by atoms with Gasteiger partial charge in [0.15, 0.2) is 0 Å². The summed E-state index contributed by atoms with van der Waals surface area (Å²) in [6, 6.07) is 13.7. The number of benzene rings is 2. The number of morpholine rings is 1. The summed E-state index contributed by atoms with van der Waals surface area (Å²) in [5.41, 5.74) is 1.85. The number of nitro groups is 1. The lowest BCUT2D eigenvalue weighted by molar-refractivity contribution is -0.384. The molecule has 4 rings (SSSR count). The van der Waals surface area contributed by atoms with E-state index < -0.39 is 10.8 Å². The van der Waals surface area contributed by atoms with Gasteiger partial charge >= 0.3 is 0 Å². The minimum atomic E-state index is -0.457. The molecule has 1 aliphatic rings. The number of amides is 1. The molecule has 0 unspecified atom stereocenters. The summed E-state index contributed by atoms with van der Waals surface area (Å²) < 4.78 is 5.30. The number of fused-ring (bicyclic) bond motifs is 1. The van der Waals surface area contributed by atoms with Crippen molar-refractivity contribution in [3.05, 3.63) is 70.4 Å². The maximum Gasteiger partial charge on any atom is 0.293 e. The molecule has 28 heavy (non-hydrogen) atoms. The summed E-state index contributed by atoms with van der Waals surface area (Å²) in [5.74, 6) is -0.421. The highest BCUT2D eigenvalue weighted by Crippen LogP contribution is 2.30. The normalized spacial score (nSPS) is 14.1. The average Bonchev–Trinajstić information content (AvgIpc) is 2.74. The summed E-state index contributed by atoms with van der Waals surface area (Å²) in [5, 5.41) is 15.3. The highest BCUT2D eigenvalue weighted by atomic mass is 16.6. The number of pyridine rings is 1. The Hall–Kier alpha value is -3.52. The molecule has 8 heteroatoms. The Balaban J connectivity index is 1.64. The number of nitro benzene ring substituents is 1. The molecule has 0 bridgehead atoms. The van der Waals surface area contributed by atoms with Gasteiger partial charge in [0.1, 0.15) is 5.69 Å². The molecule has 0 saturated carbocycles. The van der Waals surface area contributed by atoms with Crippen LogP contribution in [0.5, 0.6) is 0 Å². The number of ether oxygens (including phenoxy) is 1. The first-order valence-corrected chi connectivity index (χ1v) is 8.90. The summed E-state index contributed by atoms with van der Waals surface area (Å²) in [7, 11) is 0. The van der Waals surface area contributed by atoms with E-state index in [0.717, 1.165) is 5.39 Å². The number of hydrogen-bond donors (Lipinski definition) is 1. The molecule has 142 valence electrons. The Kier molecular flexibility index (Phi) is 4.86. The number of nitrogens with zero attached hydrogens (tertiary/aromatic N) is 3. The quantitative estimate of drug-likeness (QED) is 0.553. The highest BCUT2D eigenvalue weighted by Gasteiger charge is 2.23. The van der Waals surface area contributed by atoms with E-state index in [9.17, 15) is 14.9 Å². The minimum Gasteiger partial charge on any atom is -0.378 e. The monoisotopic (exact) mass is 378 g/mol. The number of nitrogens with one attached hydrogen (secondary N) is 1. The van der Waals surface area contributed by atoms with E-state index in [2.05, 4.69) is 10.3 Å². The Bertz CT molecular complexity index is 1040. The van der Waals surface area contributed by atoms with Crippen molar-refractivity contribution in [1.29, 1.82) is 0 Å². The highest BCUT2D eigenvalue weighted by molar-refractivity contribution is 6.08. The average molecular weight is 378 g/mol. The Labute approximate surface area is 160 Å². The molecular weight excluding hydrogens is 360 g/mol. The SMILES string of the molecule is O=C(Nc1cccc2cccnc12)c1ccc(N2CCOCC2)c([N+](=O)[O-])c1. The number of anilines is 2. The molecule has 1 aliphatic heterocycles. The standard InChI is InChI=1S/C20H18N4O4/c25-20(22-16-5-1-3-14-4-2-8-21-19(14)16)15-6-7-17(18(13-15)24(26)27)23-9-11-28-12-10-23/h1-8,13H,9-12H2,(H,22,25). The van der Waals surface area contributed by atoms with Gasteiger partial charge in [-0.25, -0.2) is 0 Å². The Morgan fingerprint density at radius 3 is 2.71 bits per heavy atom. The van der Waals surface area contributed by atoms with Crippen molar-refractivity contribution >= 4 is 33.9 Å². The van der Waals surface area contributed by atoms with E-state index in [1.807, 2.05) is 29.2 Å². The van der Waals surface area contributed by atoms with Crippen molar-refractivity contribution in [3.8, 4) is 0 Å². The molecule has 8 nitrogen and oxygen atoms in total. The number of para-hydroxylation sites is 1. The molecule has 1 N–H and O–H groups in total. The third-order valence-corrected chi connectivity index (χ3v) is 4.67. The van der Waals surface area contributed by atoms with Gasteiger partial charge in [0.05, 0.1) is 29.3 Å². The zero-order valence-electron chi connectivity index (χ0n) is 15.0. The van der Waals surface area contributed by atoms with Gasteiger partial charge in [-0.05, 0) is 24.3 Å². The predicted octanol–water partition coefficient (Wildman–Crippen LogP) is 3.23. The van der Waals surface area contributed by atoms with E-state index in [0.29, 0.717) is 43.2 Å². The first-order valence-electron chi connectivity index (χ1n) is 8.90. The van der Waals surface area contributed by atoms with E-state index in [1.54, 1.807) is 24.4 Å². The molecule has 0 spiro atoms. The molecule has 0 aliphatic carbocycles. The third kappa shape index (κ3) is 3.49. The molecule has 0 atom stereocenters. The van der Waals surface area contributed by atoms with E-state index >= 15 is 0 Å². The van der Waals surface area contributed by atoms with Crippen LogP contribution in [0, 0.1) is 10.1 Å². The zero-order chi connectivity index (χ0) is 19.5. The lowest BCUT2D eigenvalue weighted by Crippen LogP contribution is -2.36. The van der Waals surface area contributed by atoms with Gasteiger partial charge in [-0.3, -0.25) is 19.9 Å². The van der Waals surface area contributed by atoms with Gasteiger partial charge in [-0.15, -0.1) is 0 Å². The topological polar surface area (TPSA) is 97.6 Å². The number of rotatable bonds is 4. The zero-order valence-corrected chi connectivity index (χ0v) is 15.0. The number of hydrogen-bond acceptors (Lipinski definition) is 6. The molecule has 1 fully saturated rings. The lowest BCUT2D eigenvalue weighted by Gasteiger charge is -2.28. The van der Waals surface area contributed by atoms with Gasteiger partial charge in [0.25, 0.3) is 11.6 Å². The fourth-order valence-corrected chi connectivity index (χ4v) is 3.28. The Morgan fingerprint density at radius 2 is 1.93 bits per heavy atom. The maximum absolute atomic E-state index is 12.7. The lowest BCUT2D eigenvalue weighted by atomic mass is 10.1. The van der Waals surface area contributed by atoms with Crippen LogP contribution in [0.3, 0.4) is 0 Å². The van der Waals surface area contributed by atoms with Crippen LogP contribution in [0.2, 0.25) is 0 Å². The van der Waals surface area contributed by atoms with Crippen LogP contribution < -0.4 is 10.2 Å². The molecule has 2 heterocycles. The van der Waals surface area contributed by atoms with E-state index in [1.165, 1.54) is 6.07 Å². The van der Waals surface area contributed by atoms with Gasteiger partial charge in [-0.2, -0.15) is 0 Å². The second kappa shape index (κ2) is 7.61. The minimum absolute atomic E-state index is 0.0920. The summed E-state index contributed by atoms with van der Waals surface area (Å²) in [6.45, 7) is 2.20. The van der Waals surface area contributed by atoms with Crippen molar-refractivity contribution < 1.29 is 14.5 Å². The molecule has 1 amide bonds. The summed E-state index contributed by atoms with van der Waals surface area (Å²) in [6.07, 6.45) is 1.65. The van der Waals surface area contributed by atoms with Crippen LogP contribution in [-0.4, -0.2) is 42.1 Å². The van der Waals surface area contributed by atoms with Crippen LogP contribution in [0.1, 0.15) is 10.4 Å². The summed E-state index contributed by atoms with van der Waals surface area (Å²) >= 11 is 0. The van der Waals surface area contributed by atoms with E-state index in [-0.39, 0.29) is 11.3 Å². The molecular formula is C20H18N4O4. The molecule has 0 radical (unpaired) electrons. The molecule has 1 saturated heterocycles. The fourth-order valence-electron chi connectivity index (χ4n) is 3.28. The van der Waals surface area contributed by atoms with Crippen LogP contribution in [0.4, 0.5) is 17.1 Å². The second-order valence-corrected chi connectivity index (χ2v) is 6.39. The largest absolute Gasteiger partial charge is 0.378 e. The van der Waals surface area contributed by atoms with Crippen LogP contribution in [0.25, 0.3) is 10.9 Å². The number of carbonyl (C=O) groups is 1. The van der Waals surface area contributed by atoms with Crippen molar-refractivity contribution in [3.63, 3.8) is 0 Å². The van der Waals surface area contributed by atoms with Crippen LogP contribution in [0.15, 0.2) is 54.7 Å². The van der Waals surface area contributed by atoms with Crippen molar-refractivity contribution in [2.24, 2.45) is 0 Å². The number of carbonyl (C=O) groups excluding carboxylic acids is 1. The van der Waals surface area contributed by atoms with E-state index in [4.69, 9.17) is 4.74 Å². The first-order chi connectivity index (χ1) is 13.6. The Morgan fingerprint density at radius 1 is 1.14 bits per heavy atom. The predicted molar refractivity (Wildman–Crippen MR) is 106 cm³/mol. The molecule has 1 aromatic heterocycles. The first kappa shape index (κ1) is 17.9. The summed E-state index contributed by atoms with van der Waals surface area (Å²) in [4.78, 5) is 30.1. The van der Waals surface area contributed by atoms with Crippen molar-refractivity contribution in [1.82, 2.24) is 4.98 Å². The van der Waals surface area contributed by atoms with Crippen LogP contribution >= 0.6 is 0 Å². The van der Waals surface area contributed by atoms with Gasteiger partial charge in [0.2, 0.25) is 0 Å². The second-order valence-electron chi connectivity index (χ2n) is 6.39. The van der Waals surface area contributed by atoms with Gasteiger partial charge < -0.3 is 15.0 Å². The van der Waals surface area contributed by atoms with Gasteiger partial charge in [-0.1, -0.05) is 18.2 Å². The smallest absolute Gasteiger partial charge is 0.293 e. The molecule has 2 aromatic carbocycles. The van der Waals surface area contributed by atoms with Crippen molar-refractivity contribution in [2.75, 3.05) is 36.5 Å². The van der Waals surface area contributed by atoms with Gasteiger partial charge in [0, 0.05) is 36.3 Å².